The number of aromatic hydroxyl groups is 1. The molecule has 0 unspecified atom stereocenters. The standard InChI is InChI=1S/C27H31NO4.C15H21Br.C14H15NO4.CH4/c1-26(2)12-13-27(3,4)23-15-18(5-10-22(23)26)17-31-20-8-6-19(7-9-20)21(16-25(29)30)24-11-14-32-28-24;1-14(2)7-8-15(3,4)13-9-11(10-16)5-6-12(13)14;1-2-18-14(17)9-12(13-7-8-19-15-13)10-3-5-11(16)6-4-10;/h5-11,14-15,21H,12-13,16-17H2,1-4H3,(H,29,30);5-6,9H,7-8,10H2,1-4H3;3-8,12,16H,2,9H2,1H3;1H4/t21-;;12-;/m1.1./s1. The highest BCUT2D eigenvalue weighted by atomic mass is 79.9. The average molecular weight is 992 g/mol. The van der Waals surface area contributed by atoms with Crippen LogP contribution in [-0.4, -0.2) is 39.1 Å². The fourth-order valence-corrected chi connectivity index (χ4v) is 9.61. The highest BCUT2D eigenvalue weighted by molar-refractivity contribution is 9.08. The number of hydrogen-bond donors (Lipinski definition) is 2. The Kier molecular flexibility index (Phi) is 17.7. The highest BCUT2D eigenvalue weighted by Gasteiger charge is 2.38. The molecule has 0 spiro atoms. The number of esters is 1. The number of aromatic nitrogens is 2. The van der Waals surface area contributed by atoms with Gasteiger partial charge in [-0.3, -0.25) is 9.59 Å². The van der Waals surface area contributed by atoms with Crippen molar-refractivity contribution in [2.45, 2.75) is 154 Å². The number of phenolic OH excluding ortho intramolecular Hbond substituents is 1. The van der Waals surface area contributed by atoms with Crippen molar-refractivity contribution < 1.29 is 38.3 Å². The largest absolute Gasteiger partial charge is 0.508 e. The number of carboxylic acid groups (broad SMARTS) is 1. The van der Waals surface area contributed by atoms with Crippen LogP contribution in [0.4, 0.5) is 0 Å². The molecule has 2 heterocycles. The molecule has 0 amide bonds. The number of hydrogen-bond acceptors (Lipinski definition) is 9. The van der Waals surface area contributed by atoms with Gasteiger partial charge in [-0.2, -0.15) is 0 Å². The minimum Gasteiger partial charge on any atom is -0.508 e. The van der Waals surface area contributed by atoms with Crippen LogP contribution in [0.15, 0.2) is 119 Å². The zero-order valence-corrected chi connectivity index (χ0v) is 42.1. The molecule has 4 aromatic carbocycles. The minimum atomic E-state index is -0.878. The Morgan fingerprint density at radius 1 is 0.632 bits per heavy atom. The maximum Gasteiger partial charge on any atom is 0.306 e. The predicted molar refractivity (Wildman–Crippen MR) is 272 cm³/mol. The zero-order valence-electron chi connectivity index (χ0n) is 40.5. The van der Waals surface area contributed by atoms with Crippen molar-refractivity contribution in [3.63, 3.8) is 0 Å². The highest BCUT2D eigenvalue weighted by Crippen LogP contribution is 2.47. The quantitative estimate of drug-likeness (QED) is 0.0847. The van der Waals surface area contributed by atoms with Crippen LogP contribution in [0.2, 0.25) is 0 Å². The van der Waals surface area contributed by atoms with E-state index in [1.165, 1.54) is 54.9 Å². The van der Waals surface area contributed by atoms with Gasteiger partial charge in [0.25, 0.3) is 0 Å². The van der Waals surface area contributed by atoms with Gasteiger partial charge in [0.1, 0.15) is 30.6 Å². The van der Waals surface area contributed by atoms with Crippen LogP contribution in [0.25, 0.3) is 0 Å². The van der Waals surface area contributed by atoms with Gasteiger partial charge >= 0.3 is 11.9 Å². The van der Waals surface area contributed by atoms with E-state index < -0.39 is 5.97 Å². The number of carbonyl (C=O) groups excluding carboxylic acids is 1. The normalized spacial score (nSPS) is 16.6. The molecule has 0 aliphatic heterocycles. The number of nitrogens with zero attached hydrogens (tertiary/aromatic N) is 2. The predicted octanol–water partition coefficient (Wildman–Crippen LogP) is 14.2. The summed E-state index contributed by atoms with van der Waals surface area (Å²) in [4.78, 5) is 23.0. The van der Waals surface area contributed by atoms with Crippen LogP contribution >= 0.6 is 15.9 Å². The molecule has 0 saturated heterocycles. The molecular weight excluding hydrogens is 921 g/mol. The van der Waals surface area contributed by atoms with Gasteiger partial charge in [0.15, 0.2) is 0 Å². The van der Waals surface area contributed by atoms with E-state index in [1.54, 1.807) is 54.4 Å². The fourth-order valence-electron chi connectivity index (χ4n) is 9.27. The number of ether oxygens (including phenoxy) is 2. The lowest BCUT2D eigenvalue weighted by molar-refractivity contribution is -0.143. The van der Waals surface area contributed by atoms with Crippen LogP contribution in [-0.2, 0) is 47.9 Å². The third-order valence-electron chi connectivity index (χ3n) is 13.7. The Hall–Kier alpha value is -5.68. The number of fused-ring (bicyclic) bond motifs is 2. The first kappa shape index (κ1) is 53.3. The second-order valence-corrected chi connectivity index (χ2v) is 21.0. The molecule has 0 saturated carbocycles. The molecule has 68 heavy (non-hydrogen) atoms. The van der Waals surface area contributed by atoms with Gasteiger partial charge in [-0.05, 0) is 123 Å². The number of phenols is 1. The van der Waals surface area contributed by atoms with E-state index in [9.17, 15) is 19.8 Å². The number of carbonyl (C=O) groups is 2. The van der Waals surface area contributed by atoms with Crippen molar-refractivity contribution in [1.29, 1.82) is 0 Å². The van der Waals surface area contributed by atoms with E-state index in [0.29, 0.717) is 35.4 Å². The molecule has 2 aromatic heterocycles. The lowest BCUT2D eigenvalue weighted by atomic mass is 9.63. The van der Waals surface area contributed by atoms with Gasteiger partial charge in [0.05, 0.1) is 30.8 Å². The third-order valence-corrected chi connectivity index (χ3v) is 14.3. The zero-order chi connectivity index (χ0) is 48.6. The Morgan fingerprint density at radius 3 is 1.51 bits per heavy atom. The molecule has 2 atom stereocenters. The maximum atomic E-state index is 11.7. The summed E-state index contributed by atoms with van der Waals surface area (Å²) in [5, 5.41) is 27.4. The Bertz CT molecular complexity index is 2540. The molecule has 0 fully saturated rings. The second-order valence-electron chi connectivity index (χ2n) is 20.4. The molecule has 10 nitrogen and oxygen atoms in total. The van der Waals surface area contributed by atoms with Crippen molar-refractivity contribution in [3.05, 3.63) is 165 Å². The maximum absolute atomic E-state index is 11.7. The first-order valence-corrected chi connectivity index (χ1v) is 24.4. The summed E-state index contributed by atoms with van der Waals surface area (Å²) in [5.74, 6) is -0.829. The molecule has 11 heteroatoms. The third kappa shape index (κ3) is 13.3. The lowest BCUT2D eigenvalue weighted by Gasteiger charge is -2.42. The molecular formula is C57H71BrN2O8. The van der Waals surface area contributed by atoms with Crippen molar-refractivity contribution in [2.75, 3.05) is 6.61 Å². The lowest BCUT2D eigenvalue weighted by Crippen LogP contribution is -2.33. The van der Waals surface area contributed by atoms with Crippen molar-refractivity contribution in [3.8, 4) is 11.5 Å². The van der Waals surface area contributed by atoms with Crippen molar-refractivity contribution in [2.24, 2.45) is 0 Å². The minimum absolute atomic E-state index is 0. The number of aliphatic carboxylic acids is 1. The SMILES string of the molecule is C.CC1(C)CCC(C)(C)c2cc(CBr)ccc21.CC1(C)CCC(C)(C)c2cc(COc3ccc([C@@H](CC(=O)O)c4ccon4)cc3)ccc21.CCOC(=O)C[C@H](c1ccc(O)cc1)c1ccon1. The molecule has 0 radical (unpaired) electrons. The topological polar surface area (TPSA) is 145 Å². The van der Waals surface area contributed by atoms with Gasteiger partial charge < -0.3 is 28.7 Å². The van der Waals surface area contributed by atoms with Gasteiger partial charge in [-0.1, -0.05) is 150 Å². The van der Waals surface area contributed by atoms with E-state index >= 15 is 0 Å². The Morgan fingerprint density at radius 2 is 1.07 bits per heavy atom. The van der Waals surface area contributed by atoms with E-state index in [-0.39, 0.29) is 54.7 Å². The summed E-state index contributed by atoms with van der Waals surface area (Å²) in [6.45, 7) is 21.4. The number of rotatable bonds is 13. The van der Waals surface area contributed by atoms with E-state index in [0.717, 1.165) is 27.8 Å². The molecule has 0 bridgehead atoms. The van der Waals surface area contributed by atoms with E-state index in [2.05, 4.69) is 118 Å². The summed E-state index contributed by atoms with van der Waals surface area (Å²) >= 11 is 3.55. The Labute approximate surface area is 412 Å². The van der Waals surface area contributed by atoms with Crippen LogP contribution in [0.1, 0.15) is 176 Å². The number of halogens is 1. The van der Waals surface area contributed by atoms with Gasteiger partial charge in [0, 0.05) is 29.3 Å². The summed E-state index contributed by atoms with van der Waals surface area (Å²) < 4.78 is 20.8. The number of benzene rings is 4. The number of alkyl halides is 1. The fraction of sp³-hybridized carbons (Fsp3) is 0.439. The molecule has 8 rings (SSSR count). The van der Waals surface area contributed by atoms with Crippen LogP contribution in [0.5, 0.6) is 11.5 Å². The smallest absolute Gasteiger partial charge is 0.306 e. The van der Waals surface area contributed by atoms with Gasteiger partial charge in [0.2, 0.25) is 0 Å². The second kappa shape index (κ2) is 22.6. The molecule has 2 N–H and O–H groups in total. The van der Waals surface area contributed by atoms with Crippen molar-refractivity contribution in [1.82, 2.24) is 10.3 Å². The molecule has 2 aliphatic carbocycles. The Balaban J connectivity index is 0.000000205. The van der Waals surface area contributed by atoms with Gasteiger partial charge in [-0.15, -0.1) is 0 Å². The monoisotopic (exact) mass is 990 g/mol. The summed E-state index contributed by atoms with van der Waals surface area (Å²) in [6.07, 6.45) is 8.03. The molecule has 364 valence electrons. The van der Waals surface area contributed by atoms with Crippen LogP contribution in [0, 0.1) is 0 Å². The van der Waals surface area contributed by atoms with Crippen LogP contribution in [0.3, 0.4) is 0 Å². The summed E-state index contributed by atoms with van der Waals surface area (Å²) in [6, 6.07) is 31.4. The summed E-state index contributed by atoms with van der Waals surface area (Å²) in [7, 11) is 0. The first-order chi connectivity index (χ1) is 31.7. The molecule has 2 aliphatic rings. The average Bonchev–Trinajstić information content (AvgIpc) is 4.05. The van der Waals surface area contributed by atoms with Crippen molar-refractivity contribution >= 4 is 27.9 Å². The number of carboxylic acids is 1. The van der Waals surface area contributed by atoms with E-state index in [4.69, 9.17) is 18.5 Å². The van der Waals surface area contributed by atoms with E-state index in [1.807, 2.05) is 24.3 Å². The summed E-state index contributed by atoms with van der Waals surface area (Å²) in [5.41, 5.74) is 12.6. The molecule has 6 aromatic rings. The van der Waals surface area contributed by atoms with Crippen LogP contribution < -0.4 is 4.74 Å². The first-order valence-electron chi connectivity index (χ1n) is 23.3. The van der Waals surface area contributed by atoms with Gasteiger partial charge in [-0.25, -0.2) is 0 Å².